The van der Waals surface area contributed by atoms with Crippen LogP contribution in [-0.2, 0) is 16.6 Å². The number of nitrogens with one attached hydrogen (secondary N) is 1. The van der Waals surface area contributed by atoms with E-state index in [1.165, 1.54) is 17.0 Å². The van der Waals surface area contributed by atoms with Crippen LogP contribution in [0, 0.1) is 6.92 Å². The van der Waals surface area contributed by atoms with Gasteiger partial charge in [-0.1, -0.05) is 29.8 Å². The van der Waals surface area contributed by atoms with Crippen molar-refractivity contribution in [2.24, 2.45) is 0 Å². The number of amides is 1. The van der Waals surface area contributed by atoms with E-state index in [-0.39, 0.29) is 10.8 Å². The summed E-state index contributed by atoms with van der Waals surface area (Å²) in [6, 6.07) is 17.5. The van der Waals surface area contributed by atoms with Crippen LogP contribution < -0.4 is 4.72 Å². The van der Waals surface area contributed by atoms with Crippen LogP contribution in [0.5, 0.6) is 0 Å². The molecule has 0 aliphatic carbocycles. The molecule has 162 valence electrons. The third-order valence-electron chi connectivity index (χ3n) is 5.31. The number of nitrogens with zero attached hydrogens (tertiary/aromatic N) is 2. The van der Waals surface area contributed by atoms with Crippen LogP contribution in [0.25, 0.3) is 0 Å². The Labute approximate surface area is 187 Å². The van der Waals surface area contributed by atoms with Gasteiger partial charge in [-0.15, -0.1) is 11.3 Å². The summed E-state index contributed by atoms with van der Waals surface area (Å²) in [6.45, 7) is 5.70. The number of anilines is 1. The quantitative estimate of drug-likeness (QED) is 0.614. The lowest BCUT2D eigenvalue weighted by molar-refractivity contribution is 0.0629. The van der Waals surface area contributed by atoms with Crippen molar-refractivity contribution < 1.29 is 13.2 Å². The first kappa shape index (κ1) is 21.5. The predicted molar refractivity (Wildman–Crippen MR) is 124 cm³/mol. The molecule has 6 nitrogen and oxygen atoms in total. The lowest BCUT2D eigenvalue weighted by Crippen LogP contribution is -2.48. The van der Waals surface area contributed by atoms with Crippen LogP contribution in [0.2, 0.25) is 0 Å². The minimum Gasteiger partial charge on any atom is -0.336 e. The number of thiophene rings is 1. The molecule has 1 saturated heterocycles. The minimum atomic E-state index is -3.78. The Hall–Kier alpha value is -2.68. The van der Waals surface area contributed by atoms with E-state index in [0.717, 1.165) is 25.2 Å². The molecule has 1 amide bonds. The smallest absolute Gasteiger partial charge is 0.261 e. The summed E-state index contributed by atoms with van der Waals surface area (Å²) in [7, 11) is -3.78. The van der Waals surface area contributed by atoms with Crippen molar-refractivity contribution >= 4 is 33.0 Å². The van der Waals surface area contributed by atoms with E-state index >= 15 is 0 Å². The molecule has 4 rings (SSSR count). The molecule has 1 aliphatic heterocycles. The standard InChI is InChI=1S/C23H25N3O3S2/c1-18-7-9-20(10-8-18)24-31(28,29)22-6-2-4-19(16-22)23(27)26-13-11-25(12-14-26)17-21-5-3-15-30-21/h2-10,15-16,24H,11-14,17H2,1H3. The number of aryl methyl sites for hydroxylation is 1. The maximum absolute atomic E-state index is 13.0. The first-order chi connectivity index (χ1) is 14.9. The van der Waals surface area contributed by atoms with Crippen molar-refractivity contribution in [1.82, 2.24) is 9.80 Å². The van der Waals surface area contributed by atoms with Crippen LogP contribution >= 0.6 is 11.3 Å². The van der Waals surface area contributed by atoms with Crippen molar-refractivity contribution in [1.29, 1.82) is 0 Å². The zero-order chi connectivity index (χ0) is 21.8. The van der Waals surface area contributed by atoms with Crippen LogP contribution in [-0.4, -0.2) is 50.3 Å². The Morgan fingerprint density at radius 1 is 1.00 bits per heavy atom. The van der Waals surface area contributed by atoms with Crippen molar-refractivity contribution in [2.75, 3.05) is 30.9 Å². The second-order valence-corrected chi connectivity index (χ2v) is 10.4. The monoisotopic (exact) mass is 455 g/mol. The van der Waals surface area contributed by atoms with E-state index in [2.05, 4.69) is 27.1 Å². The first-order valence-electron chi connectivity index (χ1n) is 10.1. The van der Waals surface area contributed by atoms with Gasteiger partial charge in [0.05, 0.1) is 4.90 Å². The largest absolute Gasteiger partial charge is 0.336 e. The normalized spacial score (nSPS) is 15.1. The molecule has 0 radical (unpaired) electrons. The number of carbonyl (C=O) groups excluding carboxylic acids is 1. The number of sulfonamides is 1. The van der Waals surface area contributed by atoms with E-state index in [1.54, 1.807) is 40.5 Å². The van der Waals surface area contributed by atoms with Crippen molar-refractivity contribution in [3.05, 3.63) is 82.0 Å². The highest BCUT2D eigenvalue weighted by atomic mass is 32.2. The highest BCUT2D eigenvalue weighted by Crippen LogP contribution is 2.20. The molecule has 1 aromatic heterocycles. The second-order valence-electron chi connectivity index (χ2n) is 7.65. The fraction of sp³-hybridized carbons (Fsp3) is 0.261. The minimum absolute atomic E-state index is 0.0789. The van der Waals surface area contributed by atoms with Gasteiger partial charge in [0.15, 0.2) is 0 Å². The van der Waals surface area contributed by atoms with Crippen LogP contribution in [0.15, 0.2) is 70.9 Å². The zero-order valence-electron chi connectivity index (χ0n) is 17.3. The summed E-state index contributed by atoms with van der Waals surface area (Å²) < 4.78 is 28.2. The number of carbonyl (C=O) groups is 1. The fourth-order valence-electron chi connectivity index (χ4n) is 3.55. The number of rotatable bonds is 6. The molecule has 0 bridgehead atoms. The molecule has 0 unspecified atom stereocenters. The summed E-state index contributed by atoms with van der Waals surface area (Å²) in [6.07, 6.45) is 0. The molecule has 0 spiro atoms. The van der Waals surface area contributed by atoms with Gasteiger partial charge in [-0.3, -0.25) is 14.4 Å². The van der Waals surface area contributed by atoms with Gasteiger partial charge in [0.1, 0.15) is 0 Å². The molecule has 1 aliphatic rings. The Kier molecular flexibility index (Phi) is 6.41. The van der Waals surface area contributed by atoms with Gasteiger partial charge in [0, 0.05) is 48.9 Å². The van der Waals surface area contributed by atoms with E-state index < -0.39 is 10.0 Å². The van der Waals surface area contributed by atoms with Gasteiger partial charge in [0.25, 0.3) is 15.9 Å². The molecule has 2 aromatic carbocycles. The van der Waals surface area contributed by atoms with Gasteiger partial charge < -0.3 is 4.90 Å². The van der Waals surface area contributed by atoms with E-state index in [0.29, 0.717) is 24.3 Å². The maximum atomic E-state index is 13.0. The summed E-state index contributed by atoms with van der Waals surface area (Å²) in [4.78, 5) is 18.5. The maximum Gasteiger partial charge on any atom is 0.261 e. The molecule has 2 heterocycles. The second kappa shape index (κ2) is 9.21. The molecule has 1 fully saturated rings. The van der Waals surface area contributed by atoms with Gasteiger partial charge in [-0.2, -0.15) is 0 Å². The van der Waals surface area contributed by atoms with Crippen LogP contribution in [0.1, 0.15) is 20.8 Å². The van der Waals surface area contributed by atoms with E-state index in [9.17, 15) is 13.2 Å². The Morgan fingerprint density at radius 2 is 1.74 bits per heavy atom. The third-order valence-corrected chi connectivity index (χ3v) is 7.55. The number of hydrogen-bond donors (Lipinski definition) is 1. The predicted octanol–water partition coefficient (Wildman–Crippen LogP) is 3.82. The molecular weight excluding hydrogens is 430 g/mol. The number of benzene rings is 2. The average Bonchev–Trinajstić information content (AvgIpc) is 3.28. The van der Waals surface area contributed by atoms with Gasteiger partial charge in [0.2, 0.25) is 0 Å². The van der Waals surface area contributed by atoms with Gasteiger partial charge in [-0.05, 0) is 48.7 Å². The van der Waals surface area contributed by atoms with Gasteiger partial charge in [-0.25, -0.2) is 8.42 Å². The van der Waals surface area contributed by atoms with Crippen LogP contribution in [0.4, 0.5) is 5.69 Å². The zero-order valence-corrected chi connectivity index (χ0v) is 19.0. The lowest BCUT2D eigenvalue weighted by Gasteiger charge is -2.34. The number of piperazine rings is 1. The molecule has 1 N–H and O–H groups in total. The molecule has 3 aromatic rings. The van der Waals surface area contributed by atoms with Crippen molar-refractivity contribution in [3.8, 4) is 0 Å². The molecule has 0 saturated carbocycles. The SMILES string of the molecule is Cc1ccc(NS(=O)(=O)c2cccc(C(=O)N3CCN(Cc4cccs4)CC3)c2)cc1. The molecule has 31 heavy (non-hydrogen) atoms. The summed E-state index contributed by atoms with van der Waals surface area (Å²) in [5.41, 5.74) is 1.92. The first-order valence-corrected chi connectivity index (χ1v) is 12.5. The highest BCUT2D eigenvalue weighted by molar-refractivity contribution is 7.92. The number of hydrogen-bond acceptors (Lipinski definition) is 5. The topological polar surface area (TPSA) is 69.7 Å². The summed E-state index contributed by atoms with van der Waals surface area (Å²) in [5.74, 6) is -0.136. The Morgan fingerprint density at radius 3 is 2.42 bits per heavy atom. The highest BCUT2D eigenvalue weighted by Gasteiger charge is 2.24. The summed E-state index contributed by atoms with van der Waals surface area (Å²) >= 11 is 1.74. The molecule has 8 heteroatoms. The van der Waals surface area contributed by atoms with Crippen LogP contribution in [0.3, 0.4) is 0 Å². The fourth-order valence-corrected chi connectivity index (χ4v) is 5.40. The average molecular weight is 456 g/mol. The Balaban J connectivity index is 1.41. The van der Waals surface area contributed by atoms with E-state index in [4.69, 9.17) is 0 Å². The third kappa shape index (κ3) is 5.33. The van der Waals surface area contributed by atoms with Crippen molar-refractivity contribution in [2.45, 2.75) is 18.4 Å². The molecular formula is C23H25N3O3S2. The van der Waals surface area contributed by atoms with Crippen molar-refractivity contribution in [3.63, 3.8) is 0 Å². The lowest BCUT2D eigenvalue weighted by atomic mass is 10.2. The van der Waals surface area contributed by atoms with Gasteiger partial charge >= 0.3 is 0 Å². The Bertz CT molecular complexity index is 1140. The molecule has 0 atom stereocenters. The van der Waals surface area contributed by atoms with E-state index in [1.807, 2.05) is 19.1 Å². The summed E-state index contributed by atoms with van der Waals surface area (Å²) in [5, 5.41) is 2.07.